The van der Waals surface area contributed by atoms with Crippen LogP contribution in [-0.2, 0) is 0 Å². The summed E-state index contributed by atoms with van der Waals surface area (Å²) in [7, 11) is 1.60. The SMILES string of the molecule is COc1ccc(Cl)cc1Nc1ccnc(Nc2cccc(Cl)c2)n1. The quantitative estimate of drug-likeness (QED) is 0.648. The number of nitrogens with one attached hydrogen (secondary N) is 2. The topological polar surface area (TPSA) is 59.1 Å². The Kier molecular flexibility index (Phi) is 5.03. The molecule has 0 aliphatic heterocycles. The Balaban J connectivity index is 1.82. The molecule has 0 radical (unpaired) electrons. The van der Waals surface area contributed by atoms with Crippen molar-refractivity contribution in [2.24, 2.45) is 0 Å². The summed E-state index contributed by atoms with van der Waals surface area (Å²) in [6.07, 6.45) is 1.65. The van der Waals surface area contributed by atoms with Crippen LogP contribution in [0.25, 0.3) is 0 Å². The molecular formula is C17H14Cl2N4O. The molecule has 0 spiro atoms. The molecule has 0 aliphatic rings. The highest BCUT2D eigenvalue weighted by atomic mass is 35.5. The molecule has 0 saturated heterocycles. The van der Waals surface area contributed by atoms with Crippen molar-refractivity contribution in [1.82, 2.24) is 9.97 Å². The Bertz CT molecular complexity index is 857. The summed E-state index contributed by atoms with van der Waals surface area (Å²) in [6, 6.07) is 14.4. The van der Waals surface area contributed by atoms with E-state index in [-0.39, 0.29) is 0 Å². The van der Waals surface area contributed by atoms with Gasteiger partial charge in [-0.1, -0.05) is 29.3 Å². The Morgan fingerprint density at radius 2 is 1.79 bits per heavy atom. The number of ether oxygens (including phenoxy) is 1. The number of methoxy groups -OCH3 is 1. The molecule has 0 fully saturated rings. The Morgan fingerprint density at radius 3 is 2.58 bits per heavy atom. The van der Waals surface area contributed by atoms with E-state index in [0.717, 1.165) is 11.4 Å². The van der Waals surface area contributed by atoms with Gasteiger partial charge in [0, 0.05) is 21.9 Å². The molecule has 0 saturated carbocycles. The fourth-order valence-electron chi connectivity index (χ4n) is 2.10. The minimum Gasteiger partial charge on any atom is -0.495 e. The monoisotopic (exact) mass is 360 g/mol. The zero-order valence-corrected chi connectivity index (χ0v) is 14.3. The standard InChI is InChI=1S/C17H14Cl2N4O/c1-24-15-6-5-12(19)10-14(15)22-16-7-8-20-17(23-16)21-13-4-2-3-11(18)9-13/h2-10H,1H3,(H2,20,21,22,23). The van der Waals surface area contributed by atoms with Gasteiger partial charge in [-0.05, 0) is 42.5 Å². The minimum absolute atomic E-state index is 0.447. The van der Waals surface area contributed by atoms with Crippen LogP contribution < -0.4 is 15.4 Å². The van der Waals surface area contributed by atoms with Gasteiger partial charge in [-0.15, -0.1) is 0 Å². The van der Waals surface area contributed by atoms with E-state index in [1.165, 1.54) is 0 Å². The molecule has 7 heteroatoms. The Labute approximate surface area is 149 Å². The van der Waals surface area contributed by atoms with Crippen LogP contribution in [0.1, 0.15) is 0 Å². The fraction of sp³-hybridized carbons (Fsp3) is 0.0588. The van der Waals surface area contributed by atoms with Crippen molar-refractivity contribution in [3.63, 3.8) is 0 Å². The molecule has 2 N–H and O–H groups in total. The van der Waals surface area contributed by atoms with Gasteiger partial charge in [0.15, 0.2) is 0 Å². The summed E-state index contributed by atoms with van der Waals surface area (Å²) in [5.41, 5.74) is 1.53. The molecular weight excluding hydrogens is 347 g/mol. The average Bonchev–Trinajstić information content (AvgIpc) is 2.55. The summed E-state index contributed by atoms with van der Waals surface area (Å²) < 4.78 is 5.32. The maximum absolute atomic E-state index is 6.04. The van der Waals surface area contributed by atoms with Crippen LogP contribution in [0.5, 0.6) is 5.75 Å². The van der Waals surface area contributed by atoms with Crippen molar-refractivity contribution in [2.75, 3.05) is 17.7 Å². The lowest BCUT2D eigenvalue weighted by Crippen LogP contribution is -2.01. The summed E-state index contributed by atoms with van der Waals surface area (Å²) >= 11 is 12.0. The van der Waals surface area contributed by atoms with Crippen LogP contribution in [0, 0.1) is 0 Å². The third-order valence-electron chi connectivity index (χ3n) is 3.16. The molecule has 3 rings (SSSR count). The van der Waals surface area contributed by atoms with Gasteiger partial charge in [-0.25, -0.2) is 4.98 Å². The van der Waals surface area contributed by atoms with Crippen molar-refractivity contribution in [1.29, 1.82) is 0 Å². The lowest BCUT2D eigenvalue weighted by atomic mass is 10.3. The summed E-state index contributed by atoms with van der Waals surface area (Å²) in [4.78, 5) is 8.63. The van der Waals surface area contributed by atoms with E-state index in [1.807, 2.05) is 12.1 Å². The number of benzene rings is 2. The van der Waals surface area contributed by atoms with Gasteiger partial charge in [0.1, 0.15) is 11.6 Å². The second-order valence-electron chi connectivity index (χ2n) is 4.87. The molecule has 5 nitrogen and oxygen atoms in total. The number of hydrogen-bond donors (Lipinski definition) is 2. The van der Waals surface area contributed by atoms with E-state index in [9.17, 15) is 0 Å². The second kappa shape index (κ2) is 7.38. The summed E-state index contributed by atoms with van der Waals surface area (Å²) in [5, 5.41) is 7.52. The smallest absolute Gasteiger partial charge is 0.229 e. The van der Waals surface area contributed by atoms with E-state index < -0.39 is 0 Å². The Morgan fingerprint density at radius 1 is 0.958 bits per heavy atom. The number of halogens is 2. The first-order chi connectivity index (χ1) is 11.6. The van der Waals surface area contributed by atoms with E-state index in [2.05, 4.69) is 20.6 Å². The molecule has 0 bridgehead atoms. The van der Waals surface area contributed by atoms with Gasteiger partial charge in [-0.2, -0.15) is 4.98 Å². The van der Waals surface area contributed by atoms with Crippen molar-refractivity contribution >= 4 is 46.3 Å². The zero-order chi connectivity index (χ0) is 16.9. The Hall–Kier alpha value is -2.50. The van der Waals surface area contributed by atoms with Crippen LogP contribution in [0.2, 0.25) is 10.0 Å². The maximum Gasteiger partial charge on any atom is 0.229 e. The number of aromatic nitrogens is 2. The van der Waals surface area contributed by atoms with Gasteiger partial charge in [-0.3, -0.25) is 0 Å². The number of nitrogens with zero attached hydrogens (tertiary/aromatic N) is 2. The van der Waals surface area contributed by atoms with Crippen molar-refractivity contribution in [3.05, 3.63) is 64.8 Å². The van der Waals surface area contributed by atoms with Crippen molar-refractivity contribution in [2.45, 2.75) is 0 Å². The first-order valence-corrected chi connectivity index (χ1v) is 7.86. The molecule has 2 aromatic carbocycles. The molecule has 1 heterocycles. The molecule has 0 atom stereocenters. The molecule has 24 heavy (non-hydrogen) atoms. The van der Waals surface area contributed by atoms with Gasteiger partial charge < -0.3 is 15.4 Å². The predicted molar refractivity (Wildman–Crippen MR) is 98.1 cm³/mol. The van der Waals surface area contributed by atoms with Crippen molar-refractivity contribution in [3.8, 4) is 5.75 Å². The van der Waals surface area contributed by atoms with Crippen LogP contribution in [0.3, 0.4) is 0 Å². The normalized spacial score (nSPS) is 10.3. The first-order valence-electron chi connectivity index (χ1n) is 7.10. The van der Waals surface area contributed by atoms with Crippen LogP contribution in [0.4, 0.5) is 23.1 Å². The predicted octanol–water partition coefficient (Wildman–Crippen LogP) is 5.28. The van der Waals surface area contributed by atoms with Crippen LogP contribution >= 0.6 is 23.2 Å². The van der Waals surface area contributed by atoms with Crippen molar-refractivity contribution < 1.29 is 4.74 Å². The lowest BCUT2D eigenvalue weighted by molar-refractivity contribution is 0.417. The van der Waals surface area contributed by atoms with E-state index in [1.54, 1.807) is 49.7 Å². The van der Waals surface area contributed by atoms with E-state index in [4.69, 9.17) is 27.9 Å². The van der Waals surface area contributed by atoms with Gasteiger partial charge in [0.25, 0.3) is 0 Å². The van der Waals surface area contributed by atoms with Crippen LogP contribution in [-0.4, -0.2) is 17.1 Å². The summed E-state index contributed by atoms with van der Waals surface area (Å²) in [6.45, 7) is 0. The van der Waals surface area contributed by atoms with Crippen LogP contribution in [0.15, 0.2) is 54.7 Å². The van der Waals surface area contributed by atoms with Gasteiger partial charge in [0.05, 0.1) is 12.8 Å². The third kappa shape index (κ3) is 4.07. The van der Waals surface area contributed by atoms with Gasteiger partial charge in [0.2, 0.25) is 5.95 Å². The number of anilines is 4. The zero-order valence-electron chi connectivity index (χ0n) is 12.8. The molecule has 0 aliphatic carbocycles. The second-order valence-corrected chi connectivity index (χ2v) is 5.74. The molecule has 0 unspecified atom stereocenters. The third-order valence-corrected chi connectivity index (χ3v) is 3.63. The van der Waals surface area contributed by atoms with Gasteiger partial charge >= 0.3 is 0 Å². The number of hydrogen-bond acceptors (Lipinski definition) is 5. The molecule has 0 amide bonds. The highest BCUT2D eigenvalue weighted by molar-refractivity contribution is 6.31. The maximum atomic E-state index is 6.04. The first kappa shape index (κ1) is 16.4. The largest absolute Gasteiger partial charge is 0.495 e. The van der Waals surface area contributed by atoms with E-state index >= 15 is 0 Å². The molecule has 1 aromatic heterocycles. The highest BCUT2D eigenvalue weighted by Gasteiger charge is 2.06. The summed E-state index contributed by atoms with van der Waals surface area (Å²) in [5.74, 6) is 1.72. The number of rotatable bonds is 5. The lowest BCUT2D eigenvalue weighted by Gasteiger charge is -2.12. The van der Waals surface area contributed by atoms with E-state index in [0.29, 0.717) is 27.6 Å². The molecule has 3 aromatic rings. The minimum atomic E-state index is 0.447. The fourth-order valence-corrected chi connectivity index (χ4v) is 2.46. The highest BCUT2D eigenvalue weighted by Crippen LogP contribution is 2.30. The average molecular weight is 361 g/mol. The molecule has 122 valence electrons.